The van der Waals surface area contributed by atoms with Gasteiger partial charge in [-0.05, 0) is 87.9 Å². The fourth-order valence-electron chi connectivity index (χ4n) is 3.80. The molecule has 0 spiro atoms. The maximum atomic E-state index is 12.9. The van der Waals surface area contributed by atoms with Crippen LogP contribution in [0.15, 0.2) is 59.4 Å². The number of benzene rings is 2. The third-order valence-corrected chi connectivity index (χ3v) is 6.13. The van der Waals surface area contributed by atoms with E-state index in [9.17, 15) is 9.59 Å². The highest BCUT2D eigenvalue weighted by molar-refractivity contribution is 6.34. The number of aryl methyl sites for hydroxylation is 2. The van der Waals surface area contributed by atoms with Crippen LogP contribution in [0.25, 0.3) is 0 Å². The Hall–Kier alpha value is -2.76. The van der Waals surface area contributed by atoms with E-state index in [4.69, 9.17) is 32.7 Å². The molecule has 0 unspecified atom stereocenters. The second-order valence-corrected chi connectivity index (χ2v) is 10.2. The second kappa shape index (κ2) is 11.8. The lowest BCUT2D eigenvalue weighted by Gasteiger charge is -2.19. The SMILES string of the molecule is COc1cccc(CCCc2c(Cl)cc(Cl)c(=O)n2CCc2ccc(C(=O)OC(C)(C)C)cc2)c1. The molecule has 7 heteroatoms. The van der Waals surface area contributed by atoms with Crippen molar-refractivity contribution in [1.82, 2.24) is 4.57 Å². The first-order chi connectivity index (χ1) is 16.6. The lowest BCUT2D eigenvalue weighted by molar-refractivity contribution is 0.00695. The molecular formula is C28H31Cl2NO4. The van der Waals surface area contributed by atoms with Gasteiger partial charge in [0.25, 0.3) is 5.56 Å². The number of pyridine rings is 1. The standard InChI is InChI=1S/C28H31Cl2NO4/c1-28(2,3)35-27(33)21-13-11-19(12-14-21)15-16-31-25(23(29)18-24(30)26(31)32)10-6-8-20-7-5-9-22(17-20)34-4/h5,7,9,11-14,17-18H,6,8,10,15-16H2,1-4H3. The number of hydrogen-bond acceptors (Lipinski definition) is 4. The van der Waals surface area contributed by atoms with Crippen molar-refractivity contribution < 1.29 is 14.3 Å². The molecule has 0 saturated carbocycles. The van der Waals surface area contributed by atoms with Gasteiger partial charge in [0.2, 0.25) is 0 Å². The topological polar surface area (TPSA) is 57.5 Å². The smallest absolute Gasteiger partial charge is 0.338 e. The normalized spacial score (nSPS) is 11.4. The van der Waals surface area contributed by atoms with Crippen molar-refractivity contribution in [2.45, 2.75) is 58.6 Å². The summed E-state index contributed by atoms with van der Waals surface area (Å²) in [6, 6.07) is 16.7. The van der Waals surface area contributed by atoms with E-state index >= 15 is 0 Å². The Morgan fingerprint density at radius 1 is 0.914 bits per heavy atom. The minimum absolute atomic E-state index is 0.104. The Kier molecular flexibility index (Phi) is 9.03. The molecule has 0 atom stereocenters. The van der Waals surface area contributed by atoms with Crippen LogP contribution >= 0.6 is 23.2 Å². The maximum Gasteiger partial charge on any atom is 0.338 e. The Morgan fingerprint density at radius 2 is 1.63 bits per heavy atom. The van der Waals surface area contributed by atoms with E-state index in [1.807, 2.05) is 51.1 Å². The maximum absolute atomic E-state index is 12.9. The van der Waals surface area contributed by atoms with Gasteiger partial charge in [-0.1, -0.05) is 47.5 Å². The molecule has 5 nitrogen and oxygen atoms in total. The minimum Gasteiger partial charge on any atom is -0.497 e. The summed E-state index contributed by atoms with van der Waals surface area (Å²) >= 11 is 12.7. The van der Waals surface area contributed by atoms with Crippen LogP contribution in [-0.2, 0) is 30.5 Å². The largest absolute Gasteiger partial charge is 0.497 e. The highest BCUT2D eigenvalue weighted by atomic mass is 35.5. The number of aromatic nitrogens is 1. The lowest BCUT2D eigenvalue weighted by Crippen LogP contribution is -2.25. The zero-order valence-electron chi connectivity index (χ0n) is 20.6. The van der Waals surface area contributed by atoms with E-state index in [0.717, 1.165) is 35.4 Å². The molecule has 0 fully saturated rings. The van der Waals surface area contributed by atoms with Crippen molar-refractivity contribution in [3.8, 4) is 5.75 Å². The van der Waals surface area contributed by atoms with E-state index in [-0.39, 0.29) is 16.6 Å². The second-order valence-electron chi connectivity index (χ2n) is 9.40. The summed E-state index contributed by atoms with van der Waals surface area (Å²) in [5, 5.41) is 0.590. The monoisotopic (exact) mass is 515 g/mol. The number of nitrogens with zero attached hydrogens (tertiary/aromatic N) is 1. The number of rotatable bonds is 9. The van der Waals surface area contributed by atoms with Gasteiger partial charge in [0.15, 0.2) is 0 Å². The highest BCUT2D eigenvalue weighted by Gasteiger charge is 2.18. The van der Waals surface area contributed by atoms with Gasteiger partial charge in [-0.3, -0.25) is 4.79 Å². The molecule has 1 heterocycles. The van der Waals surface area contributed by atoms with Crippen LogP contribution in [0.1, 0.15) is 54.4 Å². The highest BCUT2D eigenvalue weighted by Crippen LogP contribution is 2.22. The van der Waals surface area contributed by atoms with Gasteiger partial charge in [0.1, 0.15) is 16.4 Å². The fraction of sp³-hybridized carbons (Fsp3) is 0.357. The summed E-state index contributed by atoms with van der Waals surface area (Å²) in [6.45, 7) is 5.93. The third-order valence-electron chi connectivity index (χ3n) is 5.53. The van der Waals surface area contributed by atoms with E-state index in [0.29, 0.717) is 30.0 Å². The van der Waals surface area contributed by atoms with Gasteiger partial charge < -0.3 is 14.0 Å². The molecule has 0 aliphatic rings. The van der Waals surface area contributed by atoms with Crippen molar-refractivity contribution in [2.24, 2.45) is 0 Å². The molecule has 0 aliphatic heterocycles. The Balaban J connectivity index is 1.71. The van der Waals surface area contributed by atoms with Crippen LogP contribution in [0, 0.1) is 0 Å². The van der Waals surface area contributed by atoms with Gasteiger partial charge in [-0.25, -0.2) is 4.79 Å². The Morgan fingerprint density at radius 3 is 2.29 bits per heavy atom. The zero-order chi connectivity index (χ0) is 25.6. The Bertz CT molecular complexity index is 1230. The molecule has 1 aromatic heterocycles. The first kappa shape index (κ1) is 26.8. The predicted octanol–water partition coefficient (Wildman–Crippen LogP) is 6.54. The molecule has 0 aliphatic carbocycles. The molecule has 0 saturated heterocycles. The molecular weight excluding hydrogens is 485 g/mol. The third kappa shape index (κ3) is 7.61. The molecule has 0 amide bonds. The summed E-state index contributed by atoms with van der Waals surface area (Å²) in [4.78, 5) is 25.1. The van der Waals surface area contributed by atoms with Gasteiger partial charge in [-0.15, -0.1) is 0 Å². The Labute approximate surface area is 216 Å². The number of ether oxygens (including phenoxy) is 2. The fourth-order valence-corrected chi connectivity index (χ4v) is 4.37. The molecule has 186 valence electrons. The number of hydrogen-bond donors (Lipinski definition) is 0. The van der Waals surface area contributed by atoms with Gasteiger partial charge >= 0.3 is 5.97 Å². The molecule has 0 radical (unpaired) electrons. The first-order valence-corrected chi connectivity index (χ1v) is 12.4. The number of carbonyl (C=O) groups excluding carboxylic acids is 1. The molecule has 3 rings (SSSR count). The van der Waals surface area contributed by atoms with Crippen LogP contribution in [0.5, 0.6) is 5.75 Å². The van der Waals surface area contributed by atoms with Crippen molar-refractivity contribution in [1.29, 1.82) is 0 Å². The van der Waals surface area contributed by atoms with E-state index in [1.165, 1.54) is 6.07 Å². The quantitative estimate of drug-likeness (QED) is 0.303. The number of carbonyl (C=O) groups is 1. The van der Waals surface area contributed by atoms with Crippen LogP contribution in [0.2, 0.25) is 10.0 Å². The van der Waals surface area contributed by atoms with Crippen molar-refractivity contribution in [3.63, 3.8) is 0 Å². The average Bonchev–Trinajstić information content (AvgIpc) is 2.81. The van der Waals surface area contributed by atoms with Gasteiger partial charge in [0.05, 0.1) is 17.7 Å². The summed E-state index contributed by atoms with van der Waals surface area (Å²) in [5.74, 6) is 0.460. The summed E-state index contributed by atoms with van der Waals surface area (Å²) in [6.07, 6.45) is 2.88. The molecule has 35 heavy (non-hydrogen) atoms. The molecule has 2 aromatic carbocycles. The summed E-state index contributed by atoms with van der Waals surface area (Å²) in [7, 11) is 1.65. The van der Waals surface area contributed by atoms with E-state index in [2.05, 4.69) is 6.07 Å². The predicted molar refractivity (Wildman–Crippen MR) is 141 cm³/mol. The zero-order valence-corrected chi connectivity index (χ0v) is 22.1. The first-order valence-electron chi connectivity index (χ1n) is 11.6. The van der Waals surface area contributed by atoms with Crippen molar-refractivity contribution in [2.75, 3.05) is 7.11 Å². The molecule has 0 bridgehead atoms. The van der Waals surface area contributed by atoms with E-state index < -0.39 is 5.60 Å². The van der Waals surface area contributed by atoms with Crippen LogP contribution in [0.3, 0.4) is 0 Å². The number of esters is 1. The van der Waals surface area contributed by atoms with Gasteiger partial charge in [0, 0.05) is 12.2 Å². The number of methoxy groups -OCH3 is 1. The summed E-state index contributed by atoms with van der Waals surface area (Å²) in [5.41, 5.74) is 2.61. The average molecular weight is 516 g/mol. The van der Waals surface area contributed by atoms with Gasteiger partial charge in [-0.2, -0.15) is 0 Å². The molecule has 0 N–H and O–H groups in total. The molecule has 3 aromatic rings. The minimum atomic E-state index is -0.550. The van der Waals surface area contributed by atoms with Crippen molar-refractivity contribution >= 4 is 29.2 Å². The summed E-state index contributed by atoms with van der Waals surface area (Å²) < 4.78 is 12.4. The van der Waals surface area contributed by atoms with Crippen LogP contribution in [-0.4, -0.2) is 23.2 Å². The number of halogens is 2. The van der Waals surface area contributed by atoms with E-state index in [1.54, 1.807) is 23.8 Å². The van der Waals surface area contributed by atoms with Crippen molar-refractivity contribution in [3.05, 3.63) is 97.4 Å². The van der Waals surface area contributed by atoms with Crippen LogP contribution in [0.4, 0.5) is 0 Å². The lowest BCUT2D eigenvalue weighted by atomic mass is 10.1. The van der Waals surface area contributed by atoms with Crippen LogP contribution < -0.4 is 10.3 Å².